The fraction of sp³-hybridized carbons (Fsp3) is 0.167. The molecule has 1 aromatic carbocycles. The van der Waals surface area contributed by atoms with E-state index in [0.29, 0.717) is 0 Å². The number of rotatable bonds is 3. The van der Waals surface area contributed by atoms with E-state index < -0.39 is 0 Å². The van der Waals surface area contributed by atoms with Gasteiger partial charge in [0, 0.05) is 19.0 Å². The molecule has 0 spiro atoms. The summed E-state index contributed by atoms with van der Waals surface area (Å²) in [6, 6.07) is 12.0. The predicted octanol–water partition coefficient (Wildman–Crippen LogP) is 2.07. The molecule has 0 saturated carbocycles. The quantitative estimate of drug-likeness (QED) is 0.600. The van der Waals surface area contributed by atoms with E-state index in [1.165, 1.54) is 10.1 Å². The number of hydrogen-bond acceptors (Lipinski definition) is 3. The summed E-state index contributed by atoms with van der Waals surface area (Å²) < 4.78 is 1.46. The monoisotopic (exact) mass is 232 g/mol. The lowest BCUT2D eigenvalue weighted by Gasteiger charge is -2.01. The van der Waals surface area contributed by atoms with Crippen molar-refractivity contribution in [3.05, 3.63) is 58.6 Å². The molecule has 1 heterocycles. The second kappa shape index (κ2) is 4.99. The first kappa shape index (κ1) is 11.0. The summed E-state index contributed by atoms with van der Waals surface area (Å²) >= 11 is 1.57. The summed E-state index contributed by atoms with van der Waals surface area (Å²) in [4.78, 5) is 15.2. The predicted molar refractivity (Wildman–Crippen MR) is 65.5 cm³/mol. The SMILES string of the molecule is Cn1ccc(SCc2ccccc2)nc1=O. The number of thioether (sulfide) groups is 1. The third kappa shape index (κ3) is 2.73. The number of nitrogens with zero attached hydrogens (tertiary/aromatic N) is 2. The van der Waals surface area contributed by atoms with Gasteiger partial charge < -0.3 is 4.57 Å². The van der Waals surface area contributed by atoms with Crippen molar-refractivity contribution >= 4 is 11.8 Å². The second-order valence-electron chi connectivity index (χ2n) is 3.43. The van der Waals surface area contributed by atoms with Gasteiger partial charge in [-0.25, -0.2) is 4.79 Å². The van der Waals surface area contributed by atoms with E-state index in [4.69, 9.17) is 0 Å². The van der Waals surface area contributed by atoms with Crippen LogP contribution in [0.2, 0.25) is 0 Å². The van der Waals surface area contributed by atoms with E-state index in [1.54, 1.807) is 25.0 Å². The maximum absolute atomic E-state index is 11.3. The zero-order valence-electron chi connectivity index (χ0n) is 8.96. The van der Waals surface area contributed by atoms with Gasteiger partial charge in [-0.15, -0.1) is 11.8 Å². The summed E-state index contributed by atoms with van der Waals surface area (Å²) in [6.45, 7) is 0. The molecular weight excluding hydrogens is 220 g/mol. The Bertz CT molecular complexity index is 522. The van der Waals surface area contributed by atoms with Crippen molar-refractivity contribution in [2.45, 2.75) is 10.8 Å². The van der Waals surface area contributed by atoms with Crippen LogP contribution in [0.15, 0.2) is 52.4 Å². The molecule has 0 unspecified atom stereocenters. The normalized spacial score (nSPS) is 10.3. The van der Waals surface area contributed by atoms with E-state index in [0.717, 1.165) is 10.8 Å². The highest BCUT2D eigenvalue weighted by molar-refractivity contribution is 7.98. The molecule has 0 saturated heterocycles. The Hall–Kier alpha value is -1.55. The molecule has 3 nitrogen and oxygen atoms in total. The highest BCUT2D eigenvalue weighted by atomic mass is 32.2. The van der Waals surface area contributed by atoms with Crippen molar-refractivity contribution in [1.29, 1.82) is 0 Å². The first-order chi connectivity index (χ1) is 7.75. The molecular formula is C12H12N2OS. The molecule has 0 aliphatic carbocycles. The maximum Gasteiger partial charge on any atom is 0.348 e. The molecule has 16 heavy (non-hydrogen) atoms. The number of aryl methyl sites for hydroxylation is 1. The fourth-order valence-corrected chi connectivity index (χ4v) is 2.07. The van der Waals surface area contributed by atoms with Crippen LogP contribution in [0.1, 0.15) is 5.56 Å². The Labute approximate surface area is 98.2 Å². The minimum Gasteiger partial charge on any atom is -0.302 e. The van der Waals surface area contributed by atoms with Crippen LogP contribution < -0.4 is 5.69 Å². The van der Waals surface area contributed by atoms with Gasteiger partial charge in [0.25, 0.3) is 0 Å². The average Bonchev–Trinajstić information content (AvgIpc) is 2.32. The molecule has 2 aromatic rings. The van der Waals surface area contributed by atoms with Crippen LogP contribution >= 0.6 is 11.8 Å². The third-order valence-electron chi connectivity index (χ3n) is 2.18. The second-order valence-corrected chi connectivity index (χ2v) is 4.43. The van der Waals surface area contributed by atoms with E-state index in [2.05, 4.69) is 17.1 Å². The molecule has 82 valence electrons. The van der Waals surface area contributed by atoms with Gasteiger partial charge in [0.2, 0.25) is 0 Å². The van der Waals surface area contributed by atoms with Gasteiger partial charge in [-0.1, -0.05) is 30.3 Å². The standard InChI is InChI=1S/C12H12N2OS/c1-14-8-7-11(13-12(14)15)16-9-10-5-3-2-4-6-10/h2-8H,9H2,1H3. The zero-order chi connectivity index (χ0) is 11.4. The van der Waals surface area contributed by atoms with E-state index in [9.17, 15) is 4.79 Å². The van der Waals surface area contributed by atoms with Crippen molar-refractivity contribution in [3.8, 4) is 0 Å². The highest BCUT2D eigenvalue weighted by Gasteiger charge is 1.99. The Morgan fingerprint density at radius 2 is 2.00 bits per heavy atom. The Morgan fingerprint density at radius 1 is 1.25 bits per heavy atom. The van der Waals surface area contributed by atoms with Crippen LogP contribution in [0.4, 0.5) is 0 Å². The first-order valence-electron chi connectivity index (χ1n) is 4.96. The van der Waals surface area contributed by atoms with E-state index >= 15 is 0 Å². The lowest BCUT2D eigenvalue weighted by atomic mass is 10.2. The van der Waals surface area contributed by atoms with Gasteiger partial charge in [-0.2, -0.15) is 4.98 Å². The van der Waals surface area contributed by atoms with Gasteiger partial charge in [-0.05, 0) is 11.6 Å². The Morgan fingerprint density at radius 3 is 2.69 bits per heavy atom. The number of benzene rings is 1. The molecule has 0 amide bonds. The lowest BCUT2D eigenvalue weighted by molar-refractivity contribution is 0.781. The Kier molecular flexibility index (Phi) is 3.41. The van der Waals surface area contributed by atoms with E-state index in [-0.39, 0.29) is 5.69 Å². The van der Waals surface area contributed by atoms with Crippen LogP contribution in [0.25, 0.3) is 0 Å². The number of aromatic nitrogens is 2. The molecule has 0 fully saturated rings. The summed E-state index contributed by atoms with van der Waals surface area (Å²) in [6.07, 6.45) is 1.74. The molecule has 4 heteroatoms. The fourth-order valence-electron chi connectivity index (χ4n) is 1.26. The zero-order valence-corrected chi connectivity index (χ0v) is 9.78. The largest absolute Gasteiger partial charge is 0.348 e. The van der Waals surface area contributed by atoms with Gasteiger partial charge in [0.05, 0.1) is 0 Å². The van der Waals surface area contributed by atoms with Crippen LogP contribution in [0.5, 0.6) is 0 Å². The van der Waals surface area contributed by atoms with Crippen LogP contribution in [-0.4, -0.2) is 9.55 Å². The lowest BCUT2D eigenvalue weighted by Crippen LogP contribution is -2.18. The van der Waals surface area contributed by atoms with E-state index in [1.807, 2.05) is 24.3 Å². The highest BCUT2D eigenvalue weighted by Crippen LogP contribution is 2.18. The topological polar surface area (TPSA) is 34.9 Å². The molecule has 0 N–H and O–H groups in total. The maximum atomic E-state index is 11.3. The summed E-state index contributed by atoms with van der Waals surface area (Å²) in [5.74, 6) is 0.834. The van der Waals surface area contributed by atoms with Gasteiger partial charge in [0.1, 0.15) is 5.03 Å². The van der Waals surface area contributed by atoms with Crippen molar-refractivity contribution in [2.75, 3.05) is 0 Å². The molecule has 0 radical (unpaired) electrons. The molecule has 1 aromatic heterocycles. The van der Waals surface area contributed by atoms with Crippen molar-refractivity contribution < 1.29 is 0 Å². The van der Waals surface area contributed by atoms with Crippen LogP contribution in [-0.2, 0) is 12.8 Å². The number of hydrogen-bond donors (Lipinski definition) is 0. The molecule has 0 aliphatic rings. The minimum absolute atomic E-state index is 0.210. The molecule has 0 bridgehead atoms. The first-order valence-corrected chi connectivity index (χ1v) is 5.95. The van der Waals surface area contributed by atoms with Crippen molar-refractivity contribution in [3.63, 3.8) is 0 Å². The summed E-state index contributed by atoms with van der Waals surface area (Å²) in [5.41, 5.74) is 1.02. The molecule has 2 rings (SSSR count). The summed E-state index contributed by atoms with van der Waals surface area (Å²) in [7, 11) is 1.70. The van der Waals surface area contributed by atoms with Crippen molar-refractivity contribution in [2.24, 2.45) is 7.05 Å². The molecule has 0 aliphatic heterocycles. The van der Waals surface area contributed by atoms with Crippen molar-refractivity contribution in [1.82, 2.24) is 9.55 Å². The smallest absolute Gasteiger partial charge is 0.302 e. The average molecular weight is 232 g/mol. The van der Waals surface area contributed by atoms with Gasteiger partial charge in [-0.3, -0.25) is 0 Å². The summed E-state index contributed by atoms with van der Waals surface area (Å²) in [5, 5.41) is 0.770. The minimum atomic E-state index is -0.210. The van der Waals surface area contributed by atoms with Crippen LogP contribution in [0.3, 0.4) is 0 Å². The Balaban J connectivity index is 2.05. The van der Waals surface area contributed by atoms with Gasteiger partial charge in [0.15, 0.2) is 0 Å². The molecule has 0 atom stereocenters. The third-order valence-corrected chi connectivity index (χ3v) is 3.18. The van der Waals surface area contributed by atoms with Gasteiger partial charge >= 0.3 is 5.69 Å². The van der Waals surface area contributed by atoms with Crippen LogP contribution in [0, 0.1) is 0 Å².